The van der Waals surface area contributed by atoms with Gasteiger partial charge in [-0.2, -0.15) is 5.26 Å². The van der Waals surface area contributed by atoms with Gasteiger partial charge in [-0.25, -0.2) is 9.18 Å². The third-order valence-electron chi connectivity index (χ3n) is 3.71. The number of nitrogens with two attached hydrogens (primary N) is 1. The summed E-state index contributed by atoms with van der Waals surface area (Å²) < 4.78 is 29.6. The van der Waals surface area contributed by atoms with Gasteiger partial charge in [-0.1, -0.05) is 17.7 Å². The number of esters is 1. The van der Waals surface area contributed by atoms with Crippen LogP contribution in [0.1, 0.15) is 25.3 Å². The summed E-state index contributed by atoms with van der Waals surface area (Å²) in [5.41, 5.74) is 5.95. The van der Waals surface area contributed by atoms with Crippen molar-refractivity contribution in [3.05, 3.63) is 51.3 Å². The molecule has 0 amide bonds. The van der Waals surface area contributed by atoms with E-state index < -0.39 is 17.7 Å². The van der Waals surface area contributed by atoms with E-state index in [1.165, 1.54) is 26.2 Å². The van der Waals surface area contributed by atoms with Crippen LogP contribution in [0.3, 0.4) is 0 Å². The van der Waals surface area contributed by atoms with Crippen molar-refractivity contribution in [3.8, 4) is 11.8 Å². The van der Waals surface area contributed by atoms with E-state index in [0.29, 0.717) is 0 Å². The maximum absolute atomic E-state index is 14.4. The molecule has 0 saturated carbocycles. The third-order valence-corrected chi connectivity index (χ3v) is 4.09. The number of carbonyl (C=O) groups is 1. The number of hydrogen-bond donors (Lipinski definition) is 1. The maximum Gasteiger partial charge on any atom is 0.338 e. The highest BCUT2D eigenvalue weighted by Gasteiger charge is 2.38. The Bertz CT molecular complexity index is 827. The highest BCUT2D eigenvalue weighted by atomic mass is 35.5. The lowest BCUT2D eigenvalue weighted by Gasteiger charge is -2.27. The van der Waals surface area contributed by atoms with Crippen molar-refractivity contribution in [1.29, 1.82) is 5.26 Å². The molecule has 0 aromatic heterocycles. The van der Waals surface area contributed by atoms with Crippen LogP contribution in [0.15, 0.2) is 34.9 Å². The average molecular weight is 367 g/mol. The number of ether oxygens (including phenoxy) is 3. The molecular weight excluding hydrogens is 351 g/mol. The molecule has 1 aromatic rings. The molecule has 25 heavy (non-hydrogen) atoms. The van der Waals surface area contributed by atoms with Crippen molar-refractivity contribution in [3.63, 3.8) is 0 Å². The van der Waals surface area contributed by atoms with Crippen molar-refractivity contribution in [2.75, 3.05) is 13.7 Å². The first-order chi connectivity index (χ1) is 11.9. The van der Waals surface area contributed by atoms with E-state index in [0.717, 1.165) is 0 Å². The van der Waals surface area contributed by atoms with Crippen LogP contribution in [0.25, 0.3) is 0 Å². The zero-order valence-electron chi connectivity index (χ0n) is 13.9. The number of halogens is 2. The van der Waals surface area contributed by atoms with Crippen molar-refractivity contribution < 1.29 is 23.4 Å². The van der Waals surface area contributed by atoms with E-state index in [1.54, 1.807) is 6.92 Å². The number of allylic oxidation sites excluding steroid dienone is 2. The Morgan fingerprint density at radius 1 is 1.52 bits per heavy atom. The highest BCUT2D eigenvalue weighted by molar-refractivity contribution is 6.32. The topological polar surface area (TPSA) is 94.6 Å². The number of nitrogens with zero attached hydrogens (tertiary/aromatic N) is 1. The molecule has 0 bridgehead atoms. The van der Waals surface area contributed by atoms with E-state index in [2.05, 4.69) is 0 Å². The lowest BCUT2D eigenvalue weighted by Crippen LogP contribution is -2.26. The van der Waals surface area contributed by atoms with Crippen LogP contribution in [-0.4, -0.2) is 19.7 Å². The summed E-state index contributed by atoms with van der Waals surface area (Å²) in [6.07, 6.45) is 0. The predicted molar refractivity (Wildman–Crippen MR) is 87.9 cm³/mol. The van der Waals surface area contributed by atoms with Gasteiger partial charge in [-0.15, -0.1) is 0 Å². The Morgan fingerprint density at radius 2 is 2.20 bits per heavy atom. The number of nitriles is 1. The molecule has 1 unspecified atom stereocenters. The highest BCUT2D eigenvalue weighted by Crippen LogP contribution is 2.43. The summed E-state index contributed by atoms with van der Waals surface area (Å²) in [4.78, 5) is 12.4. The monoisotopic (exact) mass is 366 g/mol. The van der Waals surface area contributed by atoms with Crippen molar-refractivity contribution in [2.45, 2.75) is 19.8 Å². The molecule has 132 valence electrons. The molecule has 0 aliphatic carbocycles. The van der Waals surface area contributed by atoms with Gasteiger partial charge in [0.1, 0.15) is 17.4 Å². The summed E-state index contributed by atoms with van der Waals surface area (Å²) in [7, 11) is 1.30. The second-order valence-corrected chi connectivity index (χ2v) is 5.48. The van der Waals surface area contributed by atoms with Crippen molar-refractivity contribution in [1.82, 2.24) is 0 Å². The Labute approximate surface area is 149 Å². The molecule has 1 heterocycles. The first-order valence-electron chi connectivity index (χ1n) is 7.34. The van der Waals surface area contributed by atoms with E-state index in [9.17, 15) is 14.4 Å². The normalized spacial score (nSPS) is 17.0. The zero-order valence-corrected chi connectivity index (χ0v) is 14.6. The minimum atomic E-state index is -1.01. The molecule has 1 atom stereocenters. The van der Waals surface area contributed by atoms with Crippen LogP contribution in [-0.2, 0) is 14.3 Å². The molecule has 0 spiro atoms. The third kappa shape index (κ3) is 3.26. The Balaban J connectivity index is 2.71. The van der Waals surface area contributed by atoms with E-state index in [4.69, 9.17) is 31.5 Å². The van der Waals surface area contributed by atoms with Crippen molar-refractivity contribution in [2.24, 2.45) is 5.73 Å². The minimum Gasteiger partial charge on any atom is -0.494 e. The summed E-state index contributed by atoms with van der Waals surface area (Å²) in [6.45, 7) is 3.27. The molecule has 0 saturated heterocycles. The molecule has 2 N–H and O–H groups in total. The van der Waals surface area contributed by atoms with Gasteiger partial charge in [-0.05, 0) is 25.5 Å². The Hall–Kier alpha value is -2.72. The second kappa shape index (κ2) is 7.45. The summed E-state index contributed by atoms with van der Waals surface area (Å²) in [5.74, 6) is -2.58. The Morgan fingerprint density at radius 3 is 2.76 bits per heavy atom. The largest absolute Gasteiger partial charge is 0.494 e. The van der Waals surface area contributed by atoms with Crippen LogP contribution in [0.2, 0.25) is 5.02 Å². The minimum absolute atomic E-state index is 0.0408. The molecule has 1 aliphatic rings. The fourth-order valence-electron chi connectivity index (χ4n) is 2.59. The van der Waals surface area contributed by atoms with Gasteiger partial charge < -0.3 is 19.9 Å². The summed E-state index contributed by atoms with van der Waals surface area (Å²) in [5, 5.41) is 9.19. The quantitative estimate of drug-likeness (QED) is 0.822. The van der Waals surface area contributed by atoms with Crippen LogP contribution in [0.5, 0.6) is 5.75 Å². The second-order valence-electron chi connectivity index (χ2n) is 5.10. The van der Waals surface area contributed by atoms with Crippen molar-refractivity contribution >= 4 is 17.6 Å². The average Bonchev–Trinajstić information content (AvgIpc) is 2.57. The first-order valence-corrected chi connectivity index (χ1v) is 7.72. The number of benzene rings is 1. The lowest BCUT2D eigenvalue weighted by atomic mass is 9.83. The van der Waals surface area contributed by atoms with E-state index in [1.807, 2.05) is 6.07 Å². The van der Waals surface area contributed by atoms with Crippen LogP contribution < -0.4 is 10.5 Å². The Kier molecular flexibility index (Phi) is 5.55. The van der Waals surface area contributed by atoms with Gasteiger partial charge >= 0.3 is 5.97 Å². The zero-order chi connectivity index (χ0) is 18.7. The molecule has 0 radical (unpaired) electrons. The number of rotatable bonds is 4. The van der Waals surface area contributed by atoms with Crippen LogP contribution >= 0.6 is 11.6 Å². The SMILES string of the molecule is CCOC(=O)C1=C(C)OC(N)=C(C#N)C1c1ccc(OC)c(F)c1Cl. The van der Waals surface area contributed by atoms with Crippen LogP contribution in [0, 0.1) is 17.1 Å². The molecule has 8 heteroatoms. The lowest BCUT2D eigenvalue weighted by molar-refractivity contribution is -0.139. The molecule has 1 aromatic carbocycles. The van der Waals surface area contributed by atoms with Gasteiger partial charge in [0.25, 0.3) is 0 Å². The van der Waals surface area contributed by atoms with E-state index in [-0.39, 0.29) is 45.7 Å². The predicted octanol–water partition coefficient (Wildman–Crippen LogP) is 3.13. The molecule has 1 aliphatic heterocycles. The smallest absolute Gasteiger partial charge is 0.338 e. The van der Waals surface area contributed by atoms with Gasteiger partial charge in [0.15, 0.2) is 11.6 Å². The van der Waals surface area contributed by atoms with Gasteiger partial charge in [0, 0.05) is 0 Å². The summed E-state index contributed by atoms with van der Waals surface area (Å²) in [6, 6.07) is 4.73. The van der Waals surface area contributed by atoms with Gasteiger partial charge in [0.05, 0.1) is 30.2 Å². The standard InChI is InChI=1S/C17H16ClFN2O4/c1-4-24-17(22)12-8(2)25-16(21)10(7-20)13(12)9-5-6-11(23-3)15(19)14(9)18/h5-6,13H,4,21H2,1-3H3. The van der Waals surface area contributed by atoms with E-state index >= 15 is 0 Å². The molecule has 0 fully saturated rings. The molecule has 6 nitrogen and oxygen atoms in total. The van der Waals surface area contributed by atoms with Gasteiger partial charge in [0.2, 0.25) is 5.88 Å². The first kappa shape index (κ1) is 18.6. The fraction of sp³-hybridized carbons (Fsp3) is 0.294. The summed E-state index contributed by atoms with van der Waals surface area (Å²) >= 11 is 6.13. The van der Waals surface area contributed by atoms with Crippen LogP contribution in [0.4, 0.5) is 4.39 Å². The fourth-order valence-corrected chi connectivity index (χ4v) is 2.86. The maximum atomic E-state index is 14.4. The van der Waals surface area contributed by atoms with Gasteiger partial charge in [-0.3, -0.25) is 0 Å². The number of carbonyl (C=O) groups excluding carboxylic acids is 1. The molecule has 2 rings (SSSR count). The number of methoxy groups -OCH3 is 1. The molecular formula is C17H16ClFN2O4. The number of hydrogen-bond acceptors (Lipinski definition) is 6.